The number of halogens is 1. The third kappa shape index (κ3) is 3.26. The Morgan fingerprint density at radius 3 is 2.55 bits per heavy atom. The molecule has 0 spiro atoms. The lowest BCUT2D eigenvalue weighted by atomic mass is 9.78. The zero-order valence-corrected chi connectivity index (χ0v) is 13.0. The number of carbonyl (C=O) groups is 1. The third-order valence-corrected chi connectivity index (χ3v) is 4.58. The molecule has 20 heavy (non-hydrogen) atoms. The van der Waals surface area contributed by atoms with E-state index in [1.54, 1.807) is 12.1 Å². The standard InChI is InChI=1S/C16H22ClNO2/c1-10-5-4-6-11(2)15(10)18-12-7-8-14(17)13(9-12)16(19)20-3/h7-11,15,18H,4-6H2,1-3H3. The monoisotopic (exact) mass is 295 g/mol. The first kappa shape index (κ1) is 15.2. The van der Waals surface area contributed by atoms with Gasteiger partial charge in [0.1, 0.15) is 0 Å². The van der Waals surface area contributed by atoms with Crippen LogP contribution in [0.2, 0.25) is 5.02 Å². The molecule has 2 unspecified atom stereocenters. The molecule has 1 N–H and O–H groups in total. The number of esters is 1. The van der Waals surface area contributed by atoms with Crippen molar-refractivity contribution >= 4 is 23.3 Å². The number of nitrogens with one attached hydrogen (secondary N) is 1. The molecule has 0 aliphatic heterocycles. The van der Waals surface area contributed by atoms with Crippen LogP contribution in [-0.4, -0.2) is 19.1 Å². The Bertz CT molecular complexity index is 479. The van der Waals surface area contributed by atoms with Crippen molar-refractivity contribution in [3.8, 4) is 0 Å². The van der Waals surface area contributed by atoms with Crippen LogP contribution in [0.4, 0.5) is 5.69 Å². The molecule has 1 saturated carbocycles. The van der Waals surface area contributed by atoms with Gasteiger partial charge in [-0.2, -0.15) is 0 Å². The number of hydrogen-bond donors (Lipinski definition) is 1. The maximum atomic E-state index is 11.7. The van der Waals surface area contributed by atoms with Crippen molar-refractivity contribution in [3.05, 3.63) is 28.8 Å². The largest absolute Gasteiger partial charge is 0.465 e. The third-order valence-electron chi connectivity index (χ3n) is 4.25. The summed E-state index contributed by atoms with van der Waals surface area (Å²) in [6.07, 6.45) is 3.80. The Hall–Kier alpha value is -1.22. The summed E-state index contributed by atoms with van der Waals surface area (Å²) < 4.78 is 4.75. The predicted molar refractivity (Wildman–Crippen MR) is 82.4 cm³/mol. The van der Waals surface area contributed by atoms with Gasteiger partial charge in [0, 0.05) is 11.7 Å². The highest BCUT2D eigenvalue weighted by molar-refractivity contribution is 6.33. The minimum Gasteiger partial charge on any atom is -0.465 e. The van der Waals surface area contributed by atoms with Gasteiger partial charge in [-0.1, -0.05) is 31.9 Å². The van der Waals surface area contributed by atoms with Crippen LogP contribution in [0.15, 0.2) is 18.2 Å². The van der Waals surface area contributed by atoms with Gasteiger partial charge in [-0.15, -0.1) is 0 Å². The van der Waals surface area contributed by atoms with Crippen molar-refractivity contribution in [1.82, 2.24) is 0 Å². The van der Waals surface area contributed by atoms with E-state index in [0.717, 1.165) is 5.69 Å². The SMILES string of the molecule is COC(=O)c1cc(NC2C(C)CCCC2C)ccc1Cl. The fraction of sp³-hybridized carbons (Fsp3) is 0.562. The molecule has 0 bridgehead atoms. The second kappa shape index (κ2) is 6.49. The Morgan fingerprint density at radius 1 is 1.30 bits per heavy atom. The van der Waals surface area contributed by atoms with E-state index in [0.29, 0.717) is 28.5 Å². The number of anilines is 1. The van der Waals surface area contributed by atoms with Crippen LogP contribution in [0.5, 0.6) is 0 Å². The van der Waals surface area contributed by atoms with E-state index in [1.165, 1.54) is 26.4 Å². The van der Waals surface area contributed by atoms with Gasteiger partial charge >= 0.3 is 5.97 Å². The molecule has 110 valence electrons. The van der Waals surface area contributed by atoms with Crippen LogP contribution >= 0.6 is 11.6 Å². The summed E-state index contributed by atoms with van der Waals surface area (Å²) in [6.45, 7) is 4.56. The van der Waals surface area contributed by atoms with Crippen LogP contribution in [0, 0.1) is 11.8 Å². The molecule has 1 aliphatic carbocycles. The molecule has 0 aromatic heterocycles. The van der Waals surface area contributed by atoms with Crippen LogP contribution in [0.3, 0.4) is 0 Å². The molecule has 1 fully saturated rings. The van der Waals surface area contributed by atoms with Crippen LogP contribution < -0.4 is 5.32 Å². The van der Waals surface area contributed by atoms with E-state index in [-0.39, 0.29) is 0 Å². The predicted octanol–water partition coefficient (Wildman–Crippen LogP) is 4.36. The number of ether oxygens (including phenoxy) is 1. The molecule has 1 aromatic rings. The minimum absolute atomic E-state index is 0.400. The van der Waals surface area contributed by atoms with E-state index in [1.807, 2.05) is 6.07 Å². The quantitative estimate of drug-likeness (QED) is 0.842. The van der Waals surface area contributed by atoms with Crippen LogP contribution in [0.1, 0.15) is 43.5 Å². The summed E-state index contributed by atoms with van der Waals surface area (Å²) in [6, 6.07) is 5.88. The Labute approximate surface area is 125 Å². The molecule has 0 heterocycles. The number of rotatable bonds is 3. The molecule has 0 saturated heterocycles. The van der Waals surface area contributed by atoms with Gasteiger partial charge in [-0.05, 0) is 42.9 Å². The summed E-state index contributed by atoms with van der Waals surface area (Å²) in [7, 11) is 1.37. The lowest BCUT2D eigenvalue weighted by Crippen LogP contribution is -2.37. The topological polar surface area (TPSA) is 38.3 Å². The Balaban J connectivity index is 2.19. The van der Waals surface area contributed by atoms with E-state index in [2.05, 4.69) is 19.2 Å². The Kier molecular flexibility index (Phi) is 4.92. The van der Waals surface area contributed by atoms with Crippen molar-refractivity contribution in [2.75, 3.05) is 12.4 Å². The minimum atomic E-state index is -0.400. The van der Waals surface area contributed by atoms with Crippen LogP contribution in [-0.2, 0) is 4.74 Å². The van der Waals surface area contributed by atoms with Crippen molar-refractivity contribution in [3.63, 3.8) is 0 Å². The molecule has 2 atom stereocenters. The molecule has 3 nitrogen and oxygen atoms in total. The highest BCUT2D eigenvalue weighted by atomic mass is 35.5. The maximum Gasteiger partial charge on any atom is 0.339 e. The second-order valence-electron chi connectivity index (χ2n) is 5.74. The smallest absolute Gasteiger partial charge is 0.339 e. The first-order valence-corrected chi connectivity index (χ1v) is 7.55. The highest BCUT2D eigenvalue weighted by Gasteiger charge is 2.27. The number of benzene rings is 1. The van der Waals surface area contributed by atoms with Gasteiger partial charge in [-0.3, -0.25) is 0 Å². The number of carbonyl (C=O) groups excluding carboxylic acids is 1. The van der Waals surface area contributed by atoms with E-state index < -0.39 is 5.97 Å². The molecule has 1 aromatic carbocycles. The summed E-state index contributed by atoms with van der Waals surface area (Å²) in [5.74, 6) is 0.871. The first-order valence-electron chi connectivity index (χ1n) is 7.17. The molecule has 0 amide bonds. The summed E-state index contributed by atoms with van der Waals surface area (Å²) in [5, 5.41) is 3.98. The van der Waals surface area contributed by atoms with Crippen LogP contribution in [0.25, 0.3) is 0 Å². The molecular weight excluding hydrogens is 274 g/mol. The zero-order chi connectivity index (χ0) is 14.7. The summed E-state index contributed by atoms with van der Waals surface area (Å²) >= 11 is 6.04. The van der Waals surface area contributed by atoms with Crippen molar-refractivity contribution in [1.29, 1.82) is 0 Å². The van der Waals surface area contributed by atoms with Gasteiger partial charge in [-0.25, -0.2) is 4.79 Å². The average Bonchev–Trinajstić information content (AvgIpc) is 2.44. The van der Waals surface area contributed by atoms with Crippen molar-refractivity contribution in [2.45, 2.75) is 39.2 Å². The lowest BCUT2D eigenvalue weighted by molar-refractivity contribution is 0.0601. The second-order valence-corrected chi connectivity index (χ2v) is 6.15. The zero-order valence-electron chi connectivity index (χ0n) is 12.3. The van der Waals surface area contributed by atoms with Gasteiger partial charge < -0.3 is 10.1 Å². The summed E-state index contributed by atoms with van der Waals surface area (Å²) in [4.78, 5) is 11.7. The molecule has 4 heteroatoms. The average molecular weight is 296 g/mol. The lowest BCUT2D eigenvalue weighted by Gasteiger charge is -2.36. The van der Waals surface area contributed by atoms with Gasteiger partial charge in [0.05, 0.1) is 17.7 Å². The first-order chi connectivity index (χ1) is 9.52. The fourth-order valence-electron chi connectivity index (χ4n) is 3.04. The van der Waals surface area contributed by atoms with Crippen molar-refractivity contribution < 1.29 is 9.53 Å². The molecule has 0 radical (unpaired) electrons. The van der Waals surface area contributed by atoms with Gasteiger partial charge in [0.15, 0.2) is 0 Å². The fourth-order valence-corrected chi connectivity index (χ4v) is 3.23. The van der Waals surface area contributed by atoms with Gasteiger partial charge in [0.25, 0.3) is 0 Å². The maximum absolute atomic E-state index is 11.7. The highest BCUT2D eigenvalue weighted by Crippen LogP contribution is 2.32. The molecule has 1 aliphatic rings. The number of hydrogen-bond acceptors (Lipinski definition) is 3. The van der Waals surface area contributed by atoms with E-state index in [9.17, 15) is 4.79 Å². The number of methoxy groups -OCH3 is 1. The summed E-state index contributed by atoms with van der Waals surface area (Å²) in [5.41, 5.74) is 1.34. The van der Waals surface area contributed by atoms with Crippen molar-refractivity contribution in [2.24, 2.45) is 11.8 Å². The normalized spacial score (nSPS) is 26.1. The van der Waals surface area contributed by atoms with E-state index >= 15 is 0 Å². The molecule has 2 rings (SSSR count). The van der Waals surface area contributed by atoms with E-state index in [4.69, 9.17) is 16.3 Å². The molecular formula is C16H22ClNO2. The Morgan fingerprint density at radius 2 is 1.95 bits per heavy atom. The van der Waals surface area contributed by atoms with Gasteiger partial charge in [0.2, 0.25) is 0 Å².